The first-order valence-electron chi connectivity index (χ1n) is 5.20. The lowest BCUT2D eigenvalue weighted by Crippen LogP contribution is -2.53. The molecule has 0 aromatic carbocycles. The minimum Gasteiger partial charge on any atom is -0.336 e. The molecule has 1 fully saturated rings. The number of carbonyl (C=O) groups is 3. The summed E-state index contributed by atoms with van der Waals surface area (Å²) in [4.78, 5) is 38.1. The van der Waals surface area contributed by atoms with Gasteiger partial charge in [-0.3, -0.25) is 14.4 Å². The monoisotopic (exact) mass is 252 g/mol. The van der Waals surface area contributed by atoms with Crippen molar-refractivity contribution in [2.75, 3.05) is 26.7 Å². The molecule has 90 valence electrons. The van der Waals surface area contributed by atoms with Crippen molar-refractivity contribution in [1.29, 1.82) is 0 Å². The van der Waals surface area contributed by atoms with Crippen molar-refractivity contribution < 1.29 is 14.4 Å². The van der Waals surface area contributed by atoms with Gasteiger partial charge in [0.1, 0.15) is 0 Å². The summed E-state index contributed by atoms with van der Waals surface area (Å²) in [6.45, 7) is 0.874. The van der Waals surface area contributed by atoms with E-state index in [2.05, 4.69) is 0 Å². The maximum atomic E-state index is 11.8. The number of Topliss-reactive ketones (excluding diaryl/α,β-unsaturated/α-hetero) is 1. The first-order chi connectivity index (χ1) is 8.09. The normalized spacial score (nSPS) is 16.5. The Bertz CT molecular complexity index is 455. The molecule has 0 unspecified atom stereocenters. The van der Waals surface area contributed by atoms with E-state index in [1.165, 1.54) is 21.1 Å². The van der Waals surface area contributed by atoms with Crippen LogP contribution in [-0.4, -0.2) is 54.1 Å². The Kier molecular flexibility index (Phi) is 3.23. The predicted octanol–water partition coefficient (Wildman–Crippen LogP) is 0.231. The molecular weight excluding hydrogens is 240 g/mol. The van der Waals surface area contributed by atoms with E-state index in [0.717, 1.165) is 0 Å². The number of thiophene rings is 1. The lowest BCUT2D eigenvalue weighted by atomic mass is 10.2. The summed E-state index contributed by atoms with van der Waals surface area (Å²) in [6.07, 6.45) is 0. The number of amides is 2. The molecule has 0 bridgehead atoms. The van der Waals surface area contributed by atoms with Gasteiger partial charge in [-0.05, 0) is 11.4 Å². The average molecular weight is 252 g/mol. The number of nitrogens with zero attached hydrogens (tertiary/aromatic N) is 2. The average Bonchev–Trinajstić information content (AvgIpc) is 2.83. The molecule has 0 atom stereocenters. The van der Waals surface area contributed by atoms with Crippen molar-refractivity contribution in [2.24, 2.45) is 0 Å². The van der Waals surface area contributed by atoms with Gasteiger partial charge in [-0.25, -0.2) is 0 Å². The Morgan fingerprint density at radius 1 is 1.35 bits per heavy atom. The zero-order valence-electron chi connectivity index (χ0n) is 9.38. The maximum Gasteiger partial charge on any atom is 0.312 e. The van der Waals surface area contributed by atoms with E-state index < -0.39 is 11.8 Å². The SMILES string of the molecule is CN1CCN(CC(=O)c2cccs2)C(=O)C1=O. The van der Waals surface area contributed by atoms with Gasteiger partial charge in [0.05, 0.1) is 11.4 Å². The third-order valence-corrected chi connectivity index (χ3v) is 3.56. The van der Waals surface area contributed by atoms with E-state index in [0.29, 0.717) is 18.0 Å². The van der Waals surface area contributed by atoms with Crippen molar-refractivity contribution in [1.82, 2.24) is 9.80 Å². The summed E-state index contributed by atoms with van der Waals surface area (Å²) in [5.74, 6) is -1.26. The molecule has 1 aliphatic heterocycles. The van der Waals surface area contributed by atoms with Crippen molar-refractivity contribution in [3.8, 4) is 0 Å². The number of carbonyl (C=O) groups excluding carboxylic acids is 3. The molecule has 1 saturated heterocycles. The van der Waals surface area contributed by atoms with Gasteiger partial charge in [-0.15, -0.1) is 11.3 Å². The highest BCUT2D eigenvalue weighted by Crippen LogP contribution is 2.11. The minimum atomic E-state index is -0.594. The number of likely N-dealkylation sites (N-methyl/N-ethyl adjacent to an activating group) is 1. The van der Waals surface area contributed by atoms with Crippen LogP contribution in [0.5, 0.6) is 0 Å². The highest BCUT2D eigenvalue weighted by atomic mass is 32.1. The topological polar surface area (TPSA) is 57.7 Å². The molecule has 1 aromatic heterocycles. The Balaban J connectivity index is 2.03. The highest BCUT2D eigenvalue weighted by molar-refractivity contribution is 7.12. The molecule has 0 spiro atoms. The van der Waals surface area contributed by atoms with Crippen LogP contribution >= 0.6 is 11.3 Å². The van der Waals surface area contributed by atoms with E-state index in [4.69, 9.17) is 0 Å². The Morgan fingerprint density at radius 3 is 2.76 bits per heavy atom. The summed E-state index contributed by atoms with van der Waals surface area (Å²) < 4.78 is 0. The fourth-order valence-corrected chi connectivity index (χ4v) is 2.27. The van der Waals surface area contributed by atoms with Crippen LogP contribution in [0.25, 0.3) is 0 Å². The van der Waals surface area contributed by atoms with Crippen LogP contribution in [0.1, 0.15) is 9.67 Å². The molecule has 17 heavy (non-hydrogen) atoms. The van der Waals surface area contributed by atoms with E-state index >= 15 is 0 Å². The van der Waals surface area contributed by atoms with Gasteiger partial charge in [-0.1, -0.05) is 6.07 Å². The van der Waals surface area contributed by atoms with Crippen LogP contribution in [0.4, 0.5) is 0 Å². The molecule has 0 aliphatic carbocycles. The molecule has 6 heteroatoms. The molecule has 0 saturated carbocycles. The van der Waals surface area contributed by atoms with Gasteiger partial charge >= 0.3 is 11.8 Å². The largest absolute Gasteiger partial charge is 0.336 e. The number of piperazine rings is 1. The molecule has 2 heterocycles. The Hall–Kier alpha value is -1.69. The Morgan fingerprint density at radius 2 is 2.12 bits per heavy atom. The summed E-state index contributed by atoms with van der Waals surface area (Å²) >= 11 is 1.34. The fraction of sp³-hybridized carbons (Fsp3) is 0.364. The molecular formula is C11H12N2O3S. The van der Waals surface area contributed by atoms with Gasteiger partial charge in [-0.2, -0.15) is 0 Å². The number of ketones is 1. The lowest BCUT2D eigenvalue weighted by molar-refractivity contribution is -0.154. The smallest absolute Gasteiger partial charge is 0.312 e. The summed E-state index contributed by atoms with van der Waals surface area (Å²) in [7, 11) is 1.58. The molecule has 1 aliphatic rings. The van der Waals surface area contributed by atoms with Gasteiger partial charge < -0.3 is 9.80 Å². The van der Waals surface area contributed by atoms with Crippen molar-refractivity contribution >= 4 is 28.9 Å². The van der Waals surface area contributed by atoms with E-state index in [-0.39, 0.29) is 12.3 Å². The number of rotatable bonds is 3. The van der Waals surface area contributed by atoms with Crippen LogP contribution in [0.3, 0.4) is 0 Å². The zero-order chi connectivity index (χ0) is 12.4. The van der Waals surface area contributed by atoms with Gasteiger partial charge in [0.2, 0.25) is 0 Å². The van der Waals surface area contributed by atoms with Crippen molar-refractivity contribution in [3.05, 3.63) is 22.4 Å². The molecule has 2 amide bonds. The molecule has 1 aromatic rings. The molecule has 0 radical (unpaired) electrons. The third-order valence-electron chi connectivity index (χ3n) is 2.65. The number of hydrogen-bond donors (Lipinski definition) is 0. The molecule has 2 rings (SSSR count). The summed E-state index contributed by atoms with van der Waals surface area (Å²) in [5, 5.41) is 1.81. The first kappa shape index (κ1) is 11.8. The van der Waals surface area contributed by atoms with Crippen LogP contribution in [0.2, 0.25) is 0 Å². The van der Waals surface area contributed by atoms with E-state index in [9.17, 15) is 14.4 Å². The minimum absolute atomic E-state index is 0.0150. The highest BCUT2D eigenvalue weighted by Gasteiger charge is 2.31. The second-order valence-corrected chi connectivity index (χ2v) is 4.80. The number of hydrogen-bond acceptors (Lipinski definition) is 4. The maximum absolute atomic E-state index is 11.8. The van der Waals surface area contributed by atoms with Crippen LogP contribution in [0, 0.1) is 0 Å². The standard InChI is InChI=1S/C11H12N2O3S/c1-12-4-5-13(11(16)10(12)15)7-8(14)9-3-2-6-17-9/h2-3,6H,4-5,7H2,1H3. The molecule has 5 nitrogen and oxygen atoms in total. The van der Waals surface area contributed by atoms with Gasteiger partial charge in [0.15, 0.2) is 5.78 Å². The quantitative estimate of drug-likeness (QED) is 0.571. The second-order valence-electron chi connectivity index (χ2n) is 3.85. The van der Waals surface area contributed by atoms with Crippen LogP contribution in [0.15, 0.2) is 17.5 Å². The summed E-state index contributed by atoms with van der Waals surface area (Å²) in [5.41, 5.74) is 0. The van der Waals surface area contributed by atoms with Gasteiger partial charge in [0, 0.05) is 20.1 Å². The third kappa shape index (κ3) is 2.36. The van der Waals surface area contributed by atoms with Gasteiger partial charge in [0.25, 0.3) is 0 Å². The van der Waals surface area contributed by atoms with Crippen LogP contribution in [-0.2, 0) is 9.59 Å². The van der Waals surface area contributed by atoms with E-state index in [1.54, 1.807) is 19.2 Å². The molecule has 0 N–H and O–H groups in total. The lowest BCUT2D eigenvalue weighted by Gasteiger charge is -2.30. The first-order valence-corrected chi connectivity index (χ1v) is 6.08. The second kappa shape index (κ2) is 4.67. The zero-order valence-corrected chi connectivity index (χ0v) is 10.2. The summed E-state index contributed by atoms with van der Waals surface area (Å²) in [6, 6.07) is 3.50. The van der Waals surface area contributed by atoms with E-state index in [1.807, 2.05) is 5.38 Å². The predicted molar refractivity (Wildman–Crippen MR) is 62.9 cm³/mol. The Labute approximate surface area is 103 Å². The fourth-order valence-electron chi connectivity index (χ4n) is 1.61. The van der Waals surface area contributed by atoms with Crippen LogP contribution < -0.4 is 0 Å². The van der Waals surface area contributed by atoms with Crippen molar-refractivity contribution in [3.63, 3.8) is 0 Å². The van der Waals surface area contributed by atoms with Crippen molar-refractivity contribution in [2.45, 2.75) is 0 Å².